The number of hydrogen-bond acceptors (Lipinski definition) is 1. The van der Waals surface area contributed by atoms with Crippen molar-refractivity contribution in [2.75, 3.05) is 0 Å². The molecule has 1 aromatic carbocycles. The molecule has 0 aliphatic heterocycles. The van der Waals surface area contributed by atoms with E-state index in [0.717, 1.165) is 11.1 Å². The average molecular weight is 220 g/mol. The molecule has 0 amide bonds. The van der Waals surface area contributed by atoms with Gasteiger partial charge in [-0.2, -0.15) is 0 Å². The zero-order valence-electron chi connectivity index (χ0n) is 9.03. The van der Waals surface area contributed by atoms with Crippen LogP contribution in [0.3, 0.4) is 0 Å². The van der Waals surface area contributed by atoms with Crippen LogP contribution in [0, 0.1) is 11.7 Å². The van der Waals surface area contributed by atoms with Gasteiger partial charge >= 0.3 is 5.97 Å². The fourth-order valence-electron chi connectivity index (χ4n) is 2.02. The highest BCUT2D eigenvalue weighted by Crippen LogP contribution is 2.29. The van der Waals surface area contributed by atoms with Crippen LogP contribution in [0.25, 0.3) is 6.08 Å². The van der Waals surface area contributed by atoms with Crippen LogP contribution in [0.4, 0.5) is 4.39 Å². The smallest absolute Gasteiger partial charge is 0.310 e. The molecule has 1 aliphatic carbocycles. The first-order chi connectivity index (χ1) is 7.59. The van der Waals surface area contributed by atoms with Crippen LogP contribution < -0.4 is 0 Å². The Kier molecular flexibility index (Phi) is 2.77. The zero-order valence-corrected chi connectivity index (χ0v) is 9.03. The van der Waals surface area contributed by atoms with Crippen molar-refractivity contribution in [2.24, 2.45) is 5.92 Å². The number of hydrogen-bond donors (Lipinski definition) is 1. The van der Waals surface area contributed by atoms with Crippen LogP contribution in [-0.4, -0.2) is 11.1 Å². The van der Waals surface area contributed by atoms with Gasteiger partial charge in [0, 0.05) is 0 Å². The molecule has 0 radical (unpaired) electrons. The summed E-state index contributed by atoms with van der Waals surface area (Å²) >= 11 is 0. The van der Waals surface area contributed by atoms with Gasteiger partial charge in [0.05, 0.1) is 5.92 Å². The average Bonchev–Trinajstić information content (AvgIpc) is 2.28. The molecule has 1 atom stereocenters. The molecular weight excluding hydrogens is 207 g/mol. The number of carbonyl (C=O) groups is 1. The van der Waals surface area contributed by atoms with Crippen molar-refractivity contribution in [3.05, 3.63) is 40.7 Å². The molecule has 2 rings (SSSR count). The van der Waals surface area contributed by atoms with E-state index in [0.29, 0.717) is 18.4 Å². The molecule has 0 aromatic heterocycles. The third kappa shape index (κ3) is 1.85. The van der Waals surface area contributed by atoms with Crippen LogP contribution in [0.15, 0.2) is 23.8 Å². The van der Waals surface area contributed by atoms with Crippen LogP contribution in [0.5, 0.6) is 0 Å². The Bertz CT molecular complexity index is 463. The Morgan fingerprint density at radius 1 is 1.44 bits per heavy atom. The fraction of sp³-hybridized carbons (Fsp3) is 0.308. The van der Waals surface area contributed by atoms with Gasteiger partial charge in [0.15, 0.2) is 0 Å². The predicted octanol–water partition coefficient (Wildman–Crippen LogP) is 2.88. The molecular formula is C13H13FO2. The van der Waals surface area contributed by atoms with Gasteiger partial charge in [0.2, 0.25) is 0 Å². The minimum Gasteiger partial charge on any atom is -0.481 e. The molecule has 16 heavy (non-hydrogen) atoms. The monoisotopic (exact) mass is 220 g/mol. The van der Waals surface area contributed by atoms with E-state index in [2.05, 4.69) is 0 Å². The number of carboxylic acids is 1. The summed E-state index contributed by atoms with van der Waals surface area (Å²) in [7, 11) is 0. The Morgan fingerprint density at radius 3 is 2.88 bits per heavy atom. The first kappa shape index (κ1) is 10.9. The Hall–Kier alpha value is -1.64. The topological polar surface area (TPSA) is 37.3 Å². The Balaban J connectivity index is 2.39. The highest BCUT2D eigenvalue weighted by molar-refractivity contribution is 5.76. The molecule has 1 aliphatic rings. The van der Waals surface area contributed by atoms with E-state index in [-0.39, 0.29) is 5.82 Å². The van der Waals surface area contributed by atoms with Gasteiger partial charge in [0.1, 0.15) is 5.82 Å². The molecule has 84 valence electrons. The van der Waals surface area contributed by atoms with Gasteiger partial charge < -0.3 is 5.11 Å². The van der Waals surface area contributed by atoms with Crippen LogP contribution in [-0.2, 0) is 11.2 Å². The minimum absolute atomic E-state index is 0.198. The SMILES string of the molecule is CC(C(=O)O)C1=Cc2cccc(F)c2CC1. The molecule has 0 spiro atoms. The summed E-state index contributed by atoms with van der Waals surface area (Å²) in [6, 6.07) is 4.92. The van der Waals surface area contributed by atoms with E-state index < -0.39 is 11.9 Å². The number of rotatable bonds is 2. The van der Waals surface area contributed by atoms with Gasteiger partial charge in [-0.25, -0.2) is 4.39 Å². The van der Waals surface area contributed by atoms with Gasteiger partial charge in [-0.1, -0.05) is 23.8 Å². The molecule has 1 unspecified atom stereocenters. The van der Waals surface area contributed by atoms with Crippen LogP contribution in [0.1, 0.15) is 24.5 Å². The second-order valence-corrected chi connectivity index (χ2v) is 4.09. The second-order valence-electron chi connectivity index (χ2n) is 4.09. The molecule has 0 saturated heterocycles. The van der Waals surface area contributed by atoms with E-state index in [1.54, 1.807) is 19.1 Å². The summed E-state index contributed by atoms with van der Waals surface area (Å²) in [4.78, 5) is 10.9. The van der Waals surface area contributed by atoms with Gasteiger partial charge in [-0.3, -0.25) is 4.79 Å². The highest BCUT2D eigenvalue weighted by Gasteiger charge is 2.21. The second kappa shape index (κ2) is 4.08. The van der Waals surface area contributed by atoms with Crippen molar-refractivity contribution in [1.29, 1.82) is 0 Å². The molecule has 1 N–H and O–H groups in total. The molecule has 0 saturated carbocycles. The van der Waals surface area contributed by atoms with E-state index in [1.165, 1.54) is 6.07 Å². The van der Waals surface area contributed by atoms with Crippen molar-refractivity contribution in [1.82, 2.24) is 0 Å². The Morgan fingerprint density at radius 2 is 2.19 bits per heavy atom. The zero-order chi connectivity index (χ0) is 11.7. The van der Waals surface area contributed by atoms with E-state index >= 15 is 0 Å². The van der Waals surface area contributed by atoms with Crippen molar-refractivity contribution in [3.63, 3.8) is 0 Å². The lowest BCUT2D eigenvalue weighted by Gasteiger charge is -2.19. The molecule has 1 aromatic rings. The number of carboxylic acid groups (broad SMARTS) is 1. The summed E-state index contributed by atoms with van der Waals surface area (Å²) in [5.74, 6) is -1.52. The summed E-state index contributed by atoms with van der Waals surface area (Å²) in [5, 5.41) is 8.92. The summed E-state index contributed by atoms with van der Waals surface area (Å²) in [6.45, 7) is 1.67. The Labute approximate surface area is 93.4 Å². The molecule has 0 bridgehead atoms. The van der Waals surface area contributed by atoms with E-state index in [4.69, 9.17) is 5.11 Å². The minimum atomic E-state index is -0.828. The largest absolute Gasteiger partial charge is 0.481 e. The van der Waals surface area contributed by atoms with Crippen molar-refractivity contribution < 1.29 is 14.3 Å². The number of fused-ring (bicyclic) bond motifs is 1. The van der Waals surface area contributed by atoms with Crippen molar-refractivity contribution in [3.8, 4) is 0 Å². The quantitative estimate of drug-likeness (QED) is 0.832. The summed E-state index contributed by atoms with van der Waals surface area (Å²) in [5.41, 5.74) is 2.38. The maximum Gasteiger partial charge on any atom is 0.310 e. The lowest BCUT2D eigenvalue weighted by Crippen LogP contribution is -2.15. The maximum atomic E-state index is 13.4. The van der Waals surface area contributed by atoms with Gasteiger partial charge in [-0.05, 0) is 37.0 Å². The van der Waals surface area contributed by atoms with Gasteiger partial charge in [-0.15, -0.1) is 0 Å². The third-order valence-corrected chi connectivity index (χ3v) is 3.09. The van der Waals surface area contributed by atoms with Crippen molar-refractivity contribution >= 4 is 12.0 Å². The number of aliphatic carboxylic acids is 1. The number of benzene rings is 1. The fourth-order valence-corrected chi connectivity index (χ4v) is 2.02. The predicted molar refractivity (Wildman–Crippen MR) is 59.5 cm³/mol. The van der Waals surface area contributed by atoms with Crippen LogP contribution in [0.2, 0.25) is 0 Å². The van der Waals surface area contributed by atoms with E-state index in [9.17, 15) is 9.18 Å². The standard InChI is InChI=1S/C13H13FO2/c1-8(13(15)16)9-5-6-11-10(7-9)3-2-4-12(11)14/h2-4,7-8H,5-6H2,1H3,(H,15,16). The molecule has 0 heterocycles. The highest BCUT2D eigenvalue weighted by atomic mass is 19.1. The molecule has 3 heteroatoms. The number of halogens is 1. The van der Waals surface area contributed by atoms with E-state index in [1.807, 2.05) is 6.07 Å². The molecule has 2 nitrogen and oxygen atoms in total. The summed E-state index contributed by atoms with van der Waals surface area (Å²) in [6.07, 6.45) is 3.02. The maximum absolute atomic E-state index is 13.4. The normalized spacial score (nSPS) is 16.2. The molecule has 0 fully saturated rings. The lowest BCUT2D eigenvalue weighted by molar-refractivity contribution is -0.139. The summed E-state index contributed by atoms with van der Waals surface area (Å²) < 4.78 is 13.4. The first-order valence-electron chi connectivity index (χ1n) is 5.30. The van der Waals surface area contributed by atoms with Crippen molar-refractivity contribution in [2.45, 2.75) is 19.8 Å². The third-order valence-electron chi connectivity index (χ3n) is 3.09. The van der Waals surface area contributed by atoms with Gasteiger partial charge in [0.25, 0.3) is 0 Å². The lowest BCUT2D eigenvalue weighted by atomic mass is 9.86. The van der Waals surface area contributed by atoms with Crippen LogP contribution >= 0.6 is 0 Å². The first-order valence-corrected chi connectivity index (χ1v) is 5.30.